The van der Waals surface area contributed by atoms with Crippen LogP contribution in [0.2, 0.25) is 0 Å². The number of hydrogen-bond donors (Lipinski definition) is 3. The quantitative estimate of drug-likeness (QED) is 0.373. The van der Waals surface area contributed by atoms with Gasteiger partial charge in [-0.15, -0.1) is 0 Å². The molecule has 0 saturated carbocycles. The van der Waals surface area contributed by atoms with Crippen molar-refractivity contribution in [3.8, 4) is 11.5 Å². The van der Waals surface area contributed by atoms with E-state index in [9.17, 15) is 15.0 Å². The standard InChI is InChI=1S/C18H14Br2N4O3/c19-13-4-1-11(2-5-13)9-24-10-15(20)17(23-24)18(27)22-21-8-12-3-6-14(25)7-16(12)26/h1-8,10,25-26H,9H2,(H,22,27)/b21-8+. The lowest BCUT2D eigenvalue weighted by Crippen LogP contribution is -2.19. The van der Waals surface area contributed by atoms with Crippen LogP contribution < -0.4 is 5.43 Å². The van der Waals surface area contributed by atoms with Crippen molar-refractivity contribution in [2.75, 3.05) is 0 Å². The number of rotatable bonds is 5. The second-order valence-corrected chi connectivity index (χ2v) is 7.36. The molecule has 138 valence electrons. The molecule has 0 aliphatic rings. The molecular weight excluding hydrogens is 480 g/mol. The van der Waals surface area contributed by atoms with Gasteiger partial charge in [-0.05, 0) is 45.8 Å². The minimum absolute atomic E-state index is 0.0612. The number of halogens is 2. The molecule has 0 fully saturated rings. The van der Waals surface area contributed by atoms with Gasteiger partial charge in [-0.3, -0.25) is 9.48 Å². The Kier molecular flexibility index (Phi) is 5.92. The molecule has 0 aliphatic heterocycles. The molecule has 1 amide bonds. The third-order valence-corrected chi connectivity index (χ3v) is 4.68. The average molecular weight is 494 g/mol. The molecule has 0 spiro atoms. The van der Waals surface area contributed by atoms with Crippen LogP contribution in [0.5, 0.6) is 11.5 Å². The van der Waals surface area contributed by atoms with Crippen LogP contribution in [0.3, 0.4) is 0 Å². The number of aromatic nitrogens is 2. The summed E-state index contributed by atoms with van der Waals surface area (Å²) in [6.45, 7) is 0.518. The molecule has 7 nitrogen and oxygen atoms in total. The number of phenolic OH excluding ortho intramolecular Hbond substituents is 2. The zero-order chi connectivity index (χ0) is 19.4. The minimum atomic E-state index is -0.494. The second kappa shape index (κ2) is 8.36. The Balaban J connectivity index is 1.67. The van der Waals surface area contributed by atoms with E-state index in [0.717, 1.165) is 10.0 Å². The smallest absolute Gasteiger partial charge is 0.293 e. The first-order valence-electron chi connectivity index (χ1n) is 7.75. The fourth-order valence-electron chi connectivity index (χ4n) is 2.26. The van der Waals surface area contributed by atoms with Gasteiger partial charge in [0.1, 0.15) is 11.5 Å². The van der Waals surface area contributed by atoms with Crippen LogP contribution >= 0.6 is 31.9 Å². The lowest BCUT2D eigenvalue weighted by molar-refractivity contribution is 0.0948. The molecule has 0 atom stereocenters. The Labute approximate surface area is 171 Å². The molecule has 3 rings (SSSR count). The molecule has 1 aromatic heterocycles. The molecule has 0 aliphatic carbocycles. The summed E-state index contributed by atoms with van der Waals surface area (Å²) in [5.41, 5.74) is 3.95. The number of amides is 1. The third-order valence-electron chi connectivity index (χ3n) is 3.57. The van der Waals surface area contributed by atoms with Gasteiger partial charge in [-0.25, -0.2) is 5.43 Å². The number of hydrogen-bond acceptors (Lipinski definition) is 5. The van der Waals surface area contributed by atoms with Crippen molar-refractivity contribution in [2.24, 2.45) is 5.10 Å². The summed E-state index contributed by atoms with van der Waals surface area (Å²) in [5, 5.41) is 27.0. The molecule has 0 radical (unpaired) electrons. The highest BCUT2D eigenvalue weighted by atomic mass is 79.9. The van der Waals surface area contributed by atoms with Crippen molar-refractivity contribution < 1.29 is 15.0 Å². The van der Waals surface area contributed by atoms with Gasteiger partial charge in [-0.1, -0.05) is 28.1 Å². The molecule has 0 unspecified atom stereocenters. The van der Waals surface area contributed by atoms with E-state index < -0.39 is 5.91 Å². The van der Waals surface area contributed by atoms with Crippen molar-refractivity contribution in [3.63, 3.8) is 0 Å². The van der Waals surface area contributed by atoms with E-state index in [1.807, 2.05) is 24.3 Å². The van der Waals surface area contributed by atoms with Gasteiger partial charge in [0, 0.05) is 22.3 Å². The van der Waals surface area contributed by atoms with Crippen molar-refractivity contribution in [1.82, 2.24) is 15.2 Å². The van der Waals surface area contributed by atoms with Crippen molar-refractivity contribution >= 4 is 44.0 Å². The summed E-state index contributed by atoms with van der Waals surface area (Å²) >= 11 is 6.72. The average Bonchev–Trinajstić information content (AvgIpc) is 2.99. The maximum absolute atomic E-state index is 12.3. The summed E-state index contributed by atoms with van der Waals surface area (Å²) in [6.07, 6.45) is 2.99. The lowest BCUT2D eigenvalue weighted by Gasteiger charge is -2.02. The summed E-state index contributed by atoms with van der Waals surface area (Å²) in [5.74, 6) is -0.701. The van der Waals surface area contributed by atoms with Gasteiger partial charge in [0.05, 0.1) is 17.2 Å². The largest absolute Gasteiger partial charge is 0.508 e. The first-order chi connectivity index (χ1) is 12.9. The summed E-state index contributed by atoms with van der Waals surface area (Å²) in [4.78, 5) is 12.3. The van der Waals surface area contributed by atoms with Gasteiger partial charge in [0.15, 0.2) is 5.69 Å². The molecule has 3 aromatic rings. The fraction of sp³-hybridized carbons (Fsp3) is 0.0556. The first kappa shape index (κ1) is 19.1. The molecule has 0 saturated heterocycles. The van der Waals surface area contributed by atoms with Crippen LogP contribution in [0.15, 0.2) is 62.7 Å². The number of hydrazone groups is 1. The number of carbonyl (C=O) groups excluding carboxylic acids is 1. The Morgan fingerprint density at radius 1 is 1.19 bits per heavy atom. The Hall–Kier alpha value is -2.65. The Morgan fingerprint density at radius 3 is 2.63 bits per heavy atom. The van der Waals surface area contributed by atoms with Crippen LogP contribution in [0.25, 0.3) is 0 Å². The maximum atomic E-state index is 12.3. The number of nitrogens with zero attached hydrogens (tertiary/aromatic N) is 3. The van der Waals surface area contributed by atoms with Gasteiger partial charge >= 0.3 is 0 Å². The normalized spacial score (nSPS) is 11.0. The summed E-state index contributed by atoms with van der Waals surface area (Å²) < 4.78 is 3.18. The van der Waals surface area contributed by atoms with Crippen molar-refractivity contribution in [2.45, 2.75) is 6.54 Å². The second-order valence-electron chi connectivity index (χ2n) is 5.59. The Bertz CT molecular complexity index is 1000. The SMILES string of the molecule is O=C(N/N=C/c1ccc(O)cc1O)c1nn(Cc2ccc(Br)cc2)cc1Br. The number of nitrogens with one attached hydrogen (secondary N) is 1. The number of aromatic hydroxyl groups is 2. The van der Waals surface area contributed by atoms with Crippen molar-refractivity contribution in [1.29, 1.82) is 0 Å². The van der Waals surface area contributed by atoms with E-state index >= 15 is 0 Å². The highest BCUT2D eigenvalue weighted by Crippen LogP contribution is 2.21. The topological polar surface area (TPSA) is 99.7 Å². The summed E-state index contributed by atoms with van der Waals surface area (Å²) in [6, 6.07) is 11.9. The van der Waals surface area contributed by atoms with Gasteiger partial charge in [0.2, 0.25) is 0 Å². The molecule has 27 heavy (non-hydrogen) atoms. The Morgan fingerprint density at radius 2 is 1.93 bits per heavy atom. The zero-order valence-electron chi connectivity index (χ0n) is 13.8. The van der Waals surface area contributed by atoms with E-state index in [2.05, 4.69) is 47.5 Å². The van der Waals surface area contributed by atoms with Crippen molar-refractivity contribution in [3.05, 3.63) is 74.4 Å². The van der Waals surface area contributed by atoms with Gasteiger partial charge in [-0.2, -0.15) is 10.2 Å². The maximum Gasteiger partial charge on any atom is 0.293 e. The van der Waals surface area contributed by atoms with Gasteiger partial charge < -0.3 is 10.2 Å². The highest BCUT2D eigenvalue weighted by Gasteiger charge is 2.15. The molecule has 1 heterocycles. The molecule has 0 bridgehead atoms. The molecule has 2 aromatic carbocycles. The van der Waals surface area contributed by atoms with Gasteiger partial charge in [0.25, 0.3) is 5.91 Å². The van der Waals surface area contributed by atoms with E-state index in [1.165, 1.54) is 24.4 Å². The minimum Gasteiger partial charge on any atom is -0.508 e. The fourth-order valence-corrected chi connectivity index (χ4v) is 3.02. The molecule has 3 N–H and O–H groups in total. The monoisotopic (exact) mass is 492 g/mol. The van der Waals surface area contributed by atoms with Crippen LogP contribution in [0, 0.1) is 0 Å². The van der Waals surface area contributed by atoms with E-state index in [-0.39, 0.29) is 17.2 Å². The molecular formula is C18H14Br2N4O3. The summed E-state index contributed by atoms with van der Waals surface area (Å²) in [7, 11) is 0. The van der Waals surface area contributed by atoms with E-state index in [0.29, 0.717) is 16.6 Å². The number of phenols is 2. The lowest BCUT2D eigenvalue weighted by atomic mass is 10.2. The third kappa shape index (κ3) is 4.95. The van der Waals surface area contributed by atoms with E-state index in [4.69, 9.17) is 0 Å². The predicted molar refractivity (Wildman–Crippen MR) is 108 cm³/mol. The van der Waals surface area contributed by atoms with Crippen LogP contribution in [-0.4, -0.2) is 32.1 Å². The highest BCUT2D eigenvalue weighted by molar-refractivity contribution is 9.10. The number of carbonyl (C=O) groups is 1. The first-order valence-corrected chi connectivity index (χ1v) is 9.34. The molecule has 9 heteroatoms. The van der Waals surface area contributed by atoms with Crippen LogP contribution in [-0.2, 0) is 6.54 Å². The van der Waals surface area contributed by atoms with Crippen LogP contribution in [0.4, 0.5) is 0 Å². The number of benzene rings is 2. The predicted octanol–water partition coefficient (Wildman–Crippen LogP) is 3.63. The zero-order valence-corrected chi connectivity index (χ0v) is 17.0. The van der Waals surface area contributed by atoms with E-state index in [1.54, 1.807) is 10.9 Å². The van der Waals surface area contributed by atoms with Crippen LogP contribution in [0.1, 0.15) is 21.6 Å².